The number of hydrogen-bond donors (Lipinski definition) is 1. The number of nitrogens with zero attached hydrogens (tertiary/aromatic N) is 1. The van der Waals surface area contributed by atoms with Gasteiger partial charge in [-0.05, 0) is 49.0 Å². The van der Waals surface area contributed by atoms with Gasteiger partial charge in [-0.25, -0.2) is 4.39 Å². The summed E-state index contributed by atoms with van der Waals surface area (Å²) >= 11 is 1.29. The van der Waals surface area contributed by atoms with Crippen LogP contribution < -0.4 is 0 Å². The van der Waals surface area contributed by atoms with Crippen molar-refractivity contribution in [3.63, 3.8) is 0 Å². The average molecular weight is 335 g/mol. The molecule has 1 amide bonds. The number of benzene rings is 1. The van der Waals surface area contributed by atoms with Crippen LogP contribution in [0.15, 0.2) is 35.4 Å². The number of carbonyl (C=O) groups excluding carboxylic acids is 1. The minimum Gasteiger partial charge on any atom is -0.481 e. The van der Waals surface area contributed by atoms with Gasteiger partial charge in [-0.2, -0.15) is 0 Å². The molecule has 6 heteroatoms. The zero-order valence-electron chi connectivity index (χ0n) is 12.6. The highest BCUT2D eigenvalue weighted by molar-refractivity contribution is 8.00. The third-order valence-electron chi connectivity index (χ3n) is 4.24. The van der Waals surface area contributed by atoms with Crippen molar-refractivity contribution in [3.05, 3.63) is 46.8 Å². The van der Waals surface area contributed by atoms with E-state index in [0.717, 1.165) is 42.4 Å². The second kappa shape index (κ2) is 6.74. The van der Waals surface area contributed by atoms with Gasteiger partial charge in [0.1, 0.15) is 11.2 Å². The molecular weight excluding hydrogens is 317 g/mol. The summed E-state index contributed by atoms with van der Waals surface area (Å²) in [6.45, 7) is 0.378. The van der Waals surface area contributed by atoms with E-state index in [1.165, 1.54) is 23.9 Å². The SMILES string of the molecule is O=C(O)CSC1C2=C(CCCC2)C(=O)N1Cc1ccc(F)cc1. The lowest BCUT2D eigenvalue weighted by Gasteiger charge is -2.26. The zero-order valence-corrected chi connectivity index (χ0v) is 13.4. The van der Waals surface area contributed by atoms with Crippen molar-refractivity contribution in [2.24, 2.45) is 0 Å². The number of halogens is 1. The molecule has 0 bridgehead atoms. The zero-order chi connectivity index (χ0) is 16.4. The number of rotatable bonds is 5. The maximum absolute atomic E-state index is 13.0. The molecule has 0 saturated heterocycles. The summed E-state index contributed by atoms with van der Waals surface area (Å²) in [6, 6.07) is 6.09. The van der Waals surface area contributed by atoms with E-state index in [0.29, 0.717) is 6.54 Å². The highest BCUT2D eigenvalue weighted by atomic mass is 32.2. The van der Waals surface area contributed by atoms with Gasteiger partial charge in [0, 0.05) is 12.1 Å². The van der Waals surface area contributed by atoms with Gasteiger partial charge in [0.15, 0.2) is 0 Å². The standard InChI is InChI=1S/C17H18FNO3S/c18-12-7-5-11(6-8-12)9-19-16(22)13-3-1-2-4-14(13)17(19)23-10-15(20)21/h5-8,17H,1-4,9-10H2,(H,20,21). The Morgan fingerprint density at radius 3 is 2.65 bits per heavy atom. The molecular formula is C17H18FNO3S. The molecule has 1 N–H and O–H groups in total. The molecule has 23 heavy (non-hydrogen) atoms. The summed E-state index contributed by atoms with van der Waals surface area (Å²) in [5.74, 6) is -1.22. The summed E-state index contributed by atoms with van der Waals surface area (Å²) in [5, 5.41) is 8.75. The van der Waals surface area contributed by atoms with E-state index in [-0.39, 0.29) is 22.9 Å². The first-order valence-corrected chi connectivity index (χ1v) is 8.72. The Morgan fingerprint density at radius 1 is 1.26 bits per heavy atom. The van der Waals surface area contributed by atoms with Crippen molar-refractivity contribution in [2.45, 2.75) is 37.6 Å². The first-order valence-electron chi connectivity index (χ1n) is 7.67. The monoisotopic (exact) mass is 335 g/mol. The third-order valence-corrected chi connectivity index (χ3v) is 5.51. The van der Waals surface area contributed by atoms with E-state index in [2.05, 4.69) is 0 Å². The van der Waals surface area contributed by atoms with Gasteiger partial charge in [-0.15, -0.1) is 11.8 Å². The van der Waals surface area contributed by atoms with Gasteiger partial charge in [0.2, 0.25) is 0 Å². The van der Waals surface area contributed by atoms with Gasteiger partial charge in [-0.1, -0.05) is 12.1 Å². The predicted octanol–water partition coefficient (Wildman–Crippen LogP) is 3.18. The number of hydrogen-bond acceptors (Lipinski definition) is 3. The van der Waals surface area contributed by atoms with E-state index >= 15 is 0 Å². The van der Waals surface area contributed by atoms with Gasteiger partial charge < -0.3 is 10.0 Å². The predicted molar refractivity (Wildman–Crippen MR) is 86.3 cm³/mol. The van der Waals surface area contributed by atoms with Crippen molar-refractivity contribution in [1.29, 1.82) is 0 Å². The van der Waals surface area contributed by atoms with Crippen LogP contribution in [0.5, 0.6) is 0 Å². The molecule has 0 fully saturated rings. The van der Waals surface area contributed by atoms with Crippen molar-refractivity contribution in [2.75, 3.05) is 5.75 Å². The van der Waals surface area contributed by atoms with Crippen molar-refractivity contribution in [3.8, 4) is 0 Å². The number of aliphatic carboxylic acids is 1. The maximum atomic E-state index is 13.0. The van der Waals surface area contributed by atoms with Gasteiger partial charge >= 0.3 is 5.97 Å². The van der Waals surface area contributed by atoms with Crippen molar-refractivity contribution in [1.82, 2.24) is 4.90 Å². The fraction of sp³-hybridized carbons (Fsp3) is 0.412. The van der Waals surface area contributed by atoms with Crippen LogP contribution in [0.25, 0.3) is 0 Å². The summed E-state index contributed by atoms with van der Waals surface area (Å²) in [5.41, 5.74) is 2.80. The molecule has 1 atom stereocenters. The second-order valence-corrected chi connectivity index (χ2v) is 6.90. The minimum atomic E-state index is -0.881. The lowest BCUT2D eigenvalue weighted by atomic mass is 9.94. The normalized spacial score (nSPS) is 20.8. The fourth-order valence-electron chi connectivity index (χ4n) is 3.20. The summed E-state index contributed by atoms with van der Waals surface area (Å²) in [4.78, 5) is 25.4. The van der Waals surface area contributed by atoms with Crippen LogP contribution in [0.3, 0.4) is 0 Å². The number of thioether (sulfide) groups is 1. The van der Waals surface area contributed by atoms with Crippen LogP contribution in [0.1, 0.15) is 31.2 Å². The van der Waals surface area contributed by atoms with E-state index in [4.69, 9.17) is 5.11 Å². The molecule has 2 aliphatic rings. The molecule has 3 rings (SSSR count). The van der Waals surface area contributed by atoms with Crippen molar-refractivity contribution < 1.29 is 19.1 Å². The highest BCUT2D eigenvalue weighted by Crippen LogP contribution is 2.41. The van der Waals surface area contributed by atoms with Crippen LogP contribution in [-0.2, 0) is 16.1 Å². The van der Waals surface area contributed by atoms with Gasteiger partial charge in [0.05, 0.1) is 5.75 Å². The van der Waals surface area contributed by atoms with Crippen LogP contribution in [0.2, 0.25) is 0 Å². The first-order chi connectivity index (χ1) is 11.1. The Kier molecular flexibility index (Phi) is 4.71. The number of carbonyl (C=O) groups is 2. The Morgan fingerprint density at radius 2 is 1.96 bits per heavy atom. The summed E-state index contributed by atoms with van der Waals surface area (Å²) in [7, 11) is 0. The van der Waals surface area contributed by atoms with Gasteiger partial charge in [-0.3, -0.25) is 9.59 Å². The molecule has 1 aliphatic carbocycles. The molecule has 4 nitrogen and oxygen atoms in total. The summed E-state index contributed by atoms with van der Waals surface area (Å²) < 4.78 is 13.0. The molecule has 1 heterocycles. The molecule has 0 radical (unpaired) electrons. The lowest BCUT2D eigenvalue weighted by Crippen LogP contribution is -2.33. The molecule has 1 aromatic rings. The first kappa shape index (κ1) is 16.1. The number of carboxylic acid groups (broad SMARTS) is 1. The highest BCUT2D eigenvalue weighted by Gasteiger charge is 2.40. The second-order valence-electron chi connectivity index (χ2n) is 5.83. The van der Waals surface area contributed by atoms with E-state index in [9.17, 15) is 14.0 Å². The largest absolute Gasteiger partial charge is 0.481 e. The van der Waals surface area contributed by atoms with Crippen LogP contribution >= 0.6 is 11.8 Å². The number of carboxylic acids is 1. The molecule has 1 aromatic carbocycles. The van der Waals surface area contributed by atoms with E-state index in [1.54, 1.807) is 17.0 Å². The summed E-state index contributed by atoms with van der Waals surface area (Å²) in [6.07, 6.45) is 3.68. The molecule has 0 aromatic heterocycles. The van der Waals surface area contributed by atoms with Crippen LogP contribution in [0, 0.1) is 5.82 Å². The molecule has 0 spiro atoms. The average Bonchev–Trinajstić information content (AvgIpc) is 2.80. The third kappa shape index (κ3) is 3.42. The topological polar surface area (TPSA) is 57.6 Å². The molecule has 1 aliphatic heterocycles. The maximum Gasteiger partial charge on any atom is 0.313 e. The quantitative estimate of drug-likeness (QED) is 0.898. The van der Waals surface area contributed by atoms with Crippen molar-refractivity contribution >= 4 is 23.6 Å². The lowest BCUT2D eigenvalue weighted by molar-refractivity contribution is -0.134. The Labute approximate surface area is 138 Å². The Balaban J connectivity index is 1.82. The Hall–Kier alpha value is -1.82. The molecule has 0 saturated carbocycles. The van der Waals surface area contributed by atoms with Gasteiger partial charge in [0.25, 0.3) is 5.91 Å². The van der Waals surface area contributed by atoms with Crippen LogP contribution in [-0.4, -0.2) is 33.0 Å². The molecule has 122 valence electrons. The smallest absolute Gasteiger partial charge is 0.313 e. The Bertz CT molecular complexity index is 656. The molecule has 1 unspecified atom stereocenters. The number of amides is 1. The van der Waals surface area contributed by atoms with Crippen LogP contribution in [0.4, 0.5) is 4.39 Å². The fourth-order valence-corrected chi connectivity index (χ4v) is 4.31. The minimum absolute atomic E-state index is 0.00640. The van der Waals surface area contributed by atoms with E-state index in [1.807, 2.05) is 0 Å². The van der Waals surface area contributed by atoms with E-state index < -0.39 is 5.97 Å².